The van der Waals surface area contributed by atoms with Gasteiger partial charge in [0.15, 0.2) is 0 Å². The van der Waals surface area contributed by atoms with Gasteiger partial charge in [-0.05, 0) is 25.1 Å². The van der Waals surface area contributed by atoms with Gasteiger partial charge in [-0.25, -0.2) is 0 Å². The zero-order valence-corrected chi connectivity index (χ0v) is 11.2. The van der Waals surface area contributed by atoms with Gasteiger partial charge in [0.2, 0.25) is 0 Å². The average molecular weight is 270 g/mol. The Labute approximate surface area is 102 Å². The lowest BCUT2D eigenvalue weighted by Gasteiger charge is -2.29. The van der Waals surface area contributed by atoms with Crippen molar-refractivity contribution in [3.8, 4) is 0 Å². The second-order valence-corrected chi connectivity index (χ2v) is 4.42. The molecule has 0 aromatic heterocycles. The summed E-state index contributed by atoms with van der Waals surface area (Å²) in [6, 6.07) is 11.3. The minimum atomic E-state index is 0.556. The van der Waals surface area contributed by atoms with Crippen LogP contribution in [0.15, 0.2) is 30.3 Å². The SMILES string of the molecule is CCN(CC)C(CCBr)c1ccccc1. The summed E-state index contributed by atoms with van der Waals surface area (Å²) >= 11 is 3.55. The predicted molar refractivity (Wildman–Crippen MR) is 70.5 cm³/mol. The molecule has 84 valence electrons. The highest BCUT2D eigenvalue weighted by Gasteiger charge is 2.16. The van der Waals surface area contributed by atoms with Crippen LogP contribution in [-0.4, -0.2) is 23.3 Å². The van der Waals surface area contributed by atoms with Gasteiger partial charge >= 0.3 is 0 Å². The van der Waals surface area contributed by atoms with E-state index < -0.39 is 0 Å². The molecule has 0 fully saturated rings. The molecule has 0 heterocycles. The summed E-state index contributed by atoms with van der Waals surface area (Å²) in [6.07, 6.45) is 1.17. The fourth-order valence-corrected chi connectivity index (χ4v) is 2.44. The van der Waals surface area contributed by atoms with Gasteiger partial charge in [0, 0.05) is 11.4 Å². The number of nitrogens with zero attached hydrogens (tertiary/aromatic N) is 1. The number of benzene rings is 1. The van der Waals surface area contributed by atoms with Crippen LogP contribution >= 0.6 is 15.9 Å². The van der Waals surface area contributed by atoms with Crippen molar-refractivity contribution in [3.05, 3.63) is 35.9 Å². The van der Waals surface area contributed by atoms with E-state index >= 15 is 0 Å². The lowest BCUT2D eigenvalue weighted by Crippen LogP contribution is -2.28. The van der Waals surface area contributed by atoms with Gasteiger partial charge in [0.25, 0.3) is 0 Å². The highest BCUT2D eigenvalue weighted by atomic mass is 79.9. The van der Waals surface area contributed by atoms with Gasteiger partial charge in [-0.1, -0.05) is 60.1 Å². The van der Waals surface area contributed by atoms with Crippen LogP contribution in [0, 0.1) is 0 Å². The fraction of sp³-hybridized carbons (Fsp3) is 0.538. The molecule has 0 saturated carbocycles. The van der Waals surface area contributed by atoms with Gasteiger partial charge in [0.05, 0.1) is 0 Å². The molecular weight excluding hydrogens is 250 g/mol. The van der Waals surface area contributed by atoms with Crippen LogP contribution in [0.4, 0.5) is 0 Å². The van der Waals surface area contributed by atoms with Crippen molar-refractivity contribution < 1.29 is 0 Å². The van der Waals surface area contributed by atoms with Crippen LogP contribution in [0.1, 0.15) is 31.9 Å². The van der Waals surface area contributed by atoms with E-state index in [1.54, 1.807) is 0 Å². The van der Waals surface area contributed by atoms with E-state index in [0.717, 1.165) is 18.4 Å². The fourth-order valence-electron chi connectivity index (χ4n) is 2.00. The first-order valence-electron chi connectivity index (χ1n) is 5.68. The number of hydrogen-bond donors (Lipinski definition) is 0. The quantitative estimate of drug-likeness (QED) is 0.709. The van der Waals surface area contributed by atoms with Gasteiger partial charge in [-0.2, -0.15) is 0 Å². The van der Waals surface area contributed by atoms with Gasteiger partial charge in [-0.3, -0.25) is 4.90 Å². The van der Waals surface area contributed by atoms with Crippen molar-refractivity contribution >= 4 is 15.9 Å². The largest absolute Gasteiger partial charge is 0.297 e. The summed E-state index contributed by atoms with van der Waals surface area (Å²) in [5.74, 6) is 0. The maximum atomic E-state index is 3.55. The molecular formula is C13H20BrN. The summed E-state index contributed by atoms with van der Waals surface area (Å²) < 4.78 is 0. The molecule has 0 radical (unpaired) electrons. The second kappa shape index (κ2) is 7.02. The maximum absolute atomic E-state index is 3.55. The maximum Gasteiger partial charge on any atom is 0.0355 e. The molecule has 0 saturated heterocycles. The molecule has 1 rings (SSSR count). The van der Waals surface area contributed by atoms with Crippen LogP contribution in [0.3, 0.4) is 0 Å². The molecule has 0 aliphatic carbocycles. The molecule has 0 N–H and O–H groups in total. The molecule has 2 heteroatoms. The molecule has 0 bridgehead atoms. The zero-order valence-electron chi connectivity index (χ0n) is 9.62. The van der Waals surface area contributed by atoms with Crippen molar-refractivity contribution in [3.63, 3.8) is 0 Å². The summed E-state index contributed by atoms with van der Waals surface area (Å²) in [5.41, 5.74) is 1.43. The molecule has 0 aliphatic rings. The van der Waals surface area contributed by atoms with E-state index in [0.29, 0.717) is 6.04 Å². The molecule has 1 atom stereocenters. The summed E-state index contributed by atoms with van der Waals surface area (Å²) in [7, 11) is 0. The Hall–Kier alpha value is -0.340. The lowest BCUT2D eigenvalue weighted by molar-refractivity contribution is 0.215. The number of rotatable bonds is 6. The smallest absolute Gasteiger partial charge is 0.0355 e. The molecule has 1 aromatic carbocycles. The minimum absolute atomic E-state index is 0.556. The molecule has 1 nitrogen and oxygen atoms in total. The minimum Gasteiger partial charge on any atom is -0.297 e. The first kappa shape index (κ1) is 12.7. The van der Waals surface area contributed by atoms with Crippen LogP contribution in [0.5, 0.6) is 0 Å². The topological polar surface area (TPSA) is 3.24 Å². The van der Waals surface area contributed by atoms with Gasteiger partial charge in [-0.15, -0.1) is 0 Å². The highest BCUT2D eigenvalue weighted by molar-refractivity contribution is 9.09. The molecule has 0 aliphatic heterocycles. The molecule has 1 aromatic rings. The van der Waals surface area contributed by atoms with Crippen molar-refractivity contribution in [1.29, 1.82) is 0 Å². The van der Waals surface area contributed by atoms with Crippen LogP contribution in [0.2, 0.25) is 0 Å². The summed E-state index contributed by atoms with van der Waals surface area (Å²) in [5, 5.41) is 1.06. The van der Waals surface area contributed by atoms with E-state index in [2.05, 4.69) is 65.0 Å². The first-order chi connectivity index (χ1) is 7.33. The average Bonchev–Trinajstić information content (AvgIpc) is 2.30. The first-order valence-corrected chi connectivity index (χ1v) is 6.80. The number of alkyl halides is 1. The molecule has 0 amide bonds. The van der Waals surface area contributed by atoms with Crippen molar-refractivity contribution in [2.75, 3.05) is 18.4 Å². The Kier molecular flexibility index (Phi) is 5.96. The normalized spacial score (nSPS) is 13.1. The Morgan fingerprint density at radius 2 is 1.73 bits per heavy atom. The number of halogens is 1. The molecule has 1 unspecified atom stereocenters. The van der Waals surface area contributed by atoms with Crippen LogP contribution in [0.25, 0.3) is 0 Å². The van der Waals surface area contributed by atoms with E-state index in [-0.39, 0.29) is 0 Å². The zero-order chi connectivity index (χ0) is 11.1. The van der Waals surface area contributed by atoms with Crippen molar-refractivity contribution in [1.82, 2.24) is 4.90 Å². The highest BCUT2D eigenvalue weighted by Crippen LogP contribution is 2.24. The molecule has 0 spiro atoms. The molecule has 15 heavy (non-hydrogen) atoms. The Balaban J connectivity index is 2.81. The number of hydrogen-bond acceptors (Lipinski definition) is 1. The van der Waals surface area contributed by atoms with Crippen molar-refractivity contribution in [2.45, 2.75) is 26.3 Å². The van der Waals surface area contributed by atoms with E-state index in [4.69, 9.17) is 0 Å². The monoisotopic (exact) mass is 269 g/mol. The summed E-state index contributed by atoms with van der Waals surface area (Å²) in [4.78, 5) is 2.51. The van der Waals surface area contributed by atoms with Crippen LogP contribution < -0.4 is 0 Å². The van der Waals surface area contributed by atoms with Crippen LogP contribution in [-0.2, 0) is 0 Å². The second-order valence-electron chi connectivity index (χ2n) is 3.63. The summed E-state index contributed by atoms with van der Waals surface area (Å²) in [6.45, 7) is 6.69. The van der Waals surface area contributed by atoms with E-state index in [1.807, 2.05) is 0 Å². The predicted octanol–water partition coefficient (Wildman–Crippen LogP) is 3.85. The standard InChI is InChI=1S/C13H20BrN/c1-3-15(4-2)13(10-11-14)12-8-6-5-7-9-12/h5-9,13H,3-4,10-11H2,1-2H3. The van der Waals surface area contributed by atoms with E-state index in [9.17, 15) is 0 Å². The van der Waals surface area contributed by atoms with Crippen molar-refractivity contribution in [2.24, 2.45) is 0 Å². The third kappa shape index (κ3) is 3.62. The third-order valence-electron chi connectivity index (χ3n) is 2.82. The van der Waals surface area contributed by atoms with E-state index in [1.165, 1.54) is 12.0 Å². The Morgan fingerprint density at radius 3 is 2.20 bits per heavy atom. The lowest BCUT2D eigenvalue weighted by atomic mass is 10.0. The Morgan fingerprint density at radius 1 is 1.13 bits per heavy atom. The van der Waals surface area contributed by atoms with Gasteiger partial charge in [0.1, 0.15) is 0 Å². The third-order valence-corrected chi connectivity index (χ3v) is 3.28. The van der Waals surface area contributed by atoms with Gasteiger partial charge < -0.3 is 0 Å². The Bertz CT molecular complexity index is 256.